The molecular weight excluding hydrogens is 246 g/mol. The Morgan fingerprint density at radius 2 is 1.78 bits per heavy atom. The Morgan fingerprint density at radius 3 is 2.17 bits per heavy atom. The monoisotopic (exact) mass is 252 g/mol. The summed E-state index contributed by atoms with van der Waals surface area (Å²) in [6, 6.07) is 2.68. The molecule has 1 aromatic carbocycles. The number of carbonyl (C=O) groups is 1. The van der Waals surface area contributed by atoms with Crippen LogP contribution in [0.3, 0.4) is 0 Å². The highest BCUT2D eigenvalue weighted by atomic mass is 19.1. The van der Waals surface area contributed by atoms with Crippen LogP contribution in [0.25, 0.3) is 0 Å². The van der Waals surface area contributed by atoms with E-state index >= 15 is 0 Å². The molecule has 5 nitrogen and oxygen atoms in total. The van der Waals surface area contributed by atoms with Crippen molar-refractivity contribution in [3.8, 4) is 17.9 Å². The van der Waals surface area contributed by atoms with Gasteiger partial charge in [-0.1, -0.05) is 0 Å². The van der Waals surface area contributed by atoms with Crippen molar-refractivity contribution in [1.82, 2.24) is 0 Å². The zero-order chi connectivity index (χ0) is 13.9. The topological polar surface area (TPSA) is 94.1 Å². The van der Waals surface area contributed by atoms with Crippen LogP contribution in [0, 0.1) is 34.3 Å². The lowest BCUT2D eigenvalue weighted by molar-refractivity contribution is -0.136. The molecule has 7 heteroatoms. The van der Waals surface area contributed by atoms with Gasteiger partial charge in [0.05, 0.1) is 13.5 Å². The summed E-state index contributed by atoms with van der Waals surface area (Å²) in [7, 11) is 1.01. The lowest BCUT2D eigenvalue weighted by Crippen LogP contribution is -2.10. The third kappa shape index (κ3) is 2.06. The molecule has 0 fully saturated rings. The molecule has 0 unspecified atom stereocenters. The van der Waals surface area contributed by atoms with Crippen LogP contribution in [0.5, 0.6) is 5.75 Å². The van der Waals surface area contributed by atoms with Gasteiger partial charge in [0.1, 0.15) is 29.1 Å². The van der Waals surface area contributed by atoms with Crippen molar-refractivity contribution in [1.29, 1.82) is 10.5 Å². The molecule has 0 amide bonds. The van der Waals surface area contributed by atoms with Gasteiger partial charge in [-0.05, 0) is 0 Å². The van der Waals surface area contributed by atoms with Gasteiger partial charge in [0, 0.05) is 5.56 Å². The molecule has 0 heterocycles. The lowest BCUT2D eigenvalue weighted by Gasteiger charge is -2.11. The van der Waals surface area contributed by atoms with Gasteiger partial charge < -0.3 is 9.84 Å². The molecule has 1 rings (SSSR count). The highest BCUT2D eigenvalue weighted by molar-refractivity contribution is 5.72. The molecule has 0 aromatic heterocycles. The van der Waals surface area contributed by atoms with Crippen LogP contribution in [-0.4, -0.2) is 18.2 Å². The van der Waals surface area contributed by atoms with E-state index in [1.54, 1.807) is 0 Å². The standard InChI is InChI=1S/C11H6F2N2O3/c1-18-11-5(2-8(16)17)9(12)6(3-14)7(4-15)10(11)13/h2H2,1H3,(H,16,17). The van der Waals surface area contributed by atoms with Crippen LogP contribution in [0.1, 0.15) is 16.7 Å². The van der Waals surface area contributed by atoms with Crippen LogP contribution in [0.15, 0.2) is 0 Å². The van der Waals surface area contributed by atoms with Gasteiger partial charge in [-0.15, -0.1) is 0 Å². The highest BCUT2D eigenvalue weighted by Gasteiger charge is 2.26. The van der Waals surface area contributed by atoms with Gasteiger partial charge in [0.25, 0.3) is 0 Å². The van der Waals surface area contributed by atoms with Gasteiger partial charge in [0.2, 0.25) is 0 Å². The summed E-state index contributed by atoms with van der Waals surface area (Å²) >= 11 is 0. The molecule has 0 spiro atoms. The van der Waals surface area contributed by atoms with Gasteiger partial charge in [-0.2, -0.15) is 10.5 Å². The number of halogens is 2. The Kier molecular flexibility index (Phi) is 3.80. The Balaban J connectivity index is 3.73. The van der Waals surface area contributed by atoms with Crippen molar-refractivity contribution in [3.63, 3.8) is 0 Å². The number of hydrogen-bond donors (Lipinski definition) is 1. The fraction of sp³-hybridized carbons (Fsp3) is 0.182. The number of nitriles is 2. The molecule has 0 atom stereocenters. The summed E-state index contributed by atoms with van der Waals surface area (Å²) in [5.41, 5.74) is -2.23. The van der Waals surface area contributed by atoms with E-state index in [0.717, 1.165) is 7.11 Å². The van der Waals surface area contributed by atoms with Crippen LogP contribution in [0.2, 0.25) is 0 Å². The first kappa shape index (κ1) is 13.4. The SMILES string of the molecule is COc1c(F)c(C#N)c(C#N)c(F)c1CC(=O)O. The van der Waals surface area contributed by atoms with Gasteiger partial charge in [-0.3, -0.25) is 4.79 Å². The number of hydrogen-bond acceptors (Lipinski definition) is 4. The summed E-state index contributed by atoms with van der Waals surface area (Å²) in [5, 5.41) is 25.9. The summed E-state index contributed by atoms with van der Waals surface area (Å²) < 4.78 is 32.1. The number of nitrogens with zero attached hydrogens (tertiary/aromatic N) is 2. The average Bonchev–Trinajstić information content (AvgIpc) is 2.32. The van der Waals surface area contributed by atoms with E-state index in [2.05, 4.69) is 4.74 Å². The molecular formula is C11H6F2N2O3. The first-order chi connectivity index (χ1) is 8.47. The zero-order valence-electron chi connectivity index (χ0n) is 9.12. The van der Waals surface area contributed by atoms with Crippen LogP contribution >= 0.6 is 0 Å². The van der Waals surface area contributed by atoms with Gasteiger partial charge >= 0.3 is 5.97 Å². The van der Waals surface area contributed by atoms with E-state index in [1.807, 2.05) is 0 Å². The minimum absolute atomic E-state index is 0.599. The van der Waals surface area contributed by atoms with Crippen molar-refractivity contribution in [2.75, 3.05) is 7.11 Å². The van der Waals surface area contributed by atoms with Crippen LogP contribution < -0.4 is 4.74 Å². The second-order valence-electron chi connectivity index (χ2n) is 3.18. The van der Waals surface area contributed by atoms with E-state index < -0.39 is 46.5 Å². The molecule has 0 saturated carbocycles. The summed E-state index contributed by atoms with van der Waals surface area (Å²) in [5.74, 6) is -4.59. The van der Waals surface area contributed by atoms with E-state index in [9.17, 15) is 13.6 Å². The third-order valence-corrected chi connectivity index (χ3v) is 2.18. The average molecular weight is 252 g/mol. The van der Waals surface area contributed by atoms with E-state index in [0.29, 0.717) is 0 Å². The van der Waals surface area contributed by atoms with Crippen LogP contribution in [-0.2, 0) is 11.2 Å². The maximum Gasteiger partial charge on any atom is 0.308 e. The summed E-state index contributed by atoms with van der Waals surface area (Å²) in [6.45, 7) is 0. The van der Waals surface area contributed by atoms with Gasteiger partial charge in [-0.25, -0.2) is 8.78 Å². The Hall–Kier alpha value is -2.67. The Bertz CT molecular complexity index is 596. The Morgan fingerprint density at radius 1 is 1.28 bits per heavy atom. The van der Waals surface area contributed by atoms with Crippen molar-refractivity contribution < 1.29 is 23.4 Å². The fourth-order valence-corrected chi connectivity index (χ4v) is 1.45. The minimum Gasteiger partial charge on any atom is -0.493 e. The number of ether oxygens (including phenoxy) is 1. The highest BCUT2D eigenvalue weighted by Crippen LogP contribution is 2.31. The quantitative estimate of drug-likeness (QED) is 0.875. The molecule has 0 saturated heterocycles. The maximum atomic E-state index is 13.8. The largest absolute Gasteiger partial charge is 0.493 e. The zero-order valence-corrected chi connectivity index (χ0v) is 9.12. The molecule has 1 N–H and O–H groups in total. The molecule has 0 aliphatic heterocycles. The van der Waals surface area contributed by atoms with Crippen molar-refractivity contribution in [3.05, 3.63) is 28.3 Å². The molecule has 0 aliphatic rings. The third-order valence-electron chi connectivity index (χ3n) is 2.18. The summed E-state index contributed by atoms with van der Waals surface area (Å²) in [6.07, 6.45) is -0.855. The van der Waals surface area contributed by atoms with Crippen molar-refractivity contribution in [2.24, 2.45) is 0 Å². The van der Waals surface area contributed by atoms with E-state index in [1.165, 1.54) is 12.1 Å². The molecule has 18 heavy (non-hydrogen) atoms. The summed E-state index contributed by atoms with van der Waals surface area (Å²) in [4.78, 5) is 10.6. The number of aliphatic carboxylic acids is 1. The predicted octanol–water partition coefficient (Wildman–Crippen LogP) is 1.34. The minimum atomic E-state index is -1.42. The predicted molar refractivity (Wildman–Crippen MR) is 53.7 cm³/mol. The van der Waals surface area contributed by atoms with Crippen LogP contribution in [0.4, 0.5) is 8.78 Å². The number of benzene rings is 1. The fourth-order valence-electron chi connectivity index (χ4n) is 1.45. The van der Waals surface area contributed by atoms with Crippen molar-refractivity contribution in [2.45, 2.75) is 6.42 Å². The van der Waals surface area contributed by atoms with E-state index in [-0.39, 0.29) is 0 Å². The van der Waals surface area contributed by atoms with Gasteiger partial charge in [0.15, 0.2) is 11.6 Å². The lowest BCUT2D eigenvalue weighted by atomic mass is 10.00. The molecule has 0 bridgehead atoms. The second-order valence-corrected chi connectivity index (χ2v) is 3.18. The Labute approximate surface area is 100 Å². The number of methoxy groups -OCH3 is 1. The molecule has 0 radical (unpaired) electrons. The normalized spacial score (nSPS) is 9.39. The first-order valence-electron chi connectivity index (χ1n) is 4.57. The molecule has 1 aromatic rings. The second kappa shape index (κ2) is 5.11. The molecule has 92 valence electrons. The number of carboxylic acid groups (broad SMARTS) is 1. The maximum absolute atomic E-state index is 13.8. The number of carboxylic acids is 1. The van der Waals surface area contributed by atoms with Crippen molar-refractivity contribution >= 4 is 5.97 Å². The molecule has 0 aliphatic carbocycles. The van der Waals surface area contributed by atoms with E-state index in [4.69, 9.17) is 15.6 Å². The smallest absolute Gasteiger partial charge is 0.308 e. The number of rotatable bonds is 3. The first-order valence-corrected chi connectivity index (χ1v) is 4.57.